The molecule has 0 aromatic heterocycles. The van der Waals surface area contributed by atoms with Crippen LogP contribution in [0.5, 0.6) is 0 Å². The standard InChI is InChI=1S/C50H80O22/c1-22-40(70-35-19-30(62-9)41(23(2)65-35)71-45-39(57)43(63-10)42(24(3)66-45)72-44-38(56)37(55)36(54)31(21-51)69-44)29(61-8)18-34(64-22)68-28-12-13-46(6)27(17-28)11-14-49(59)32(46)20-33(67-26(5)53)47(7)48(58,25(4)52)15-16-50(47,49)60/h11,22-24,28-45,51,54-60H,12-21H2,1-10H3/t22-,23-,24-,28+,29+,30-,31-,32-,33-,34+,35+,36-,37+,38-,39-,40-,41-,42-,43+,44+,45+,46+,47-,48-,49+,50-/m1/s1. The number of carbonyl (C=O) groups is 2. The number of aliphatic hydroxyl groups is 8. The molecule has 412 valence electrons. The lowest BCUT2D eigenvalue weighted by molar-refractivity contribution is -0.373. The van der Waals surface area contributed by atoms with E-state index in [0.29, 0.717) is 25.7 Å². The molecule has 22 heteroatoms. The minimum Gasteiger partial charge on any atom is -0.462 e. The molecule has 3 saturated carbocycles. The predicted octanol–water partition coefficient (Wildman–Crippen LogP) is -0.198. The molecule has 26 atom stereocenters. The van der Waals surface area contributed by atoms with E-state index in [4.69, 9.17) is 56.8 Å². The van der Waals surface area contributed by atoms with E-state index in [0.717, 1.165) is 5.57 Å². The second-order valence-electron chi connectivity index (χ2n) is 22.1. The molecule has 8 N–H and O–H groups in total. The number of Topliss-reactive ketones (excluding diaryl/α,β-unsaturated/α-hetero) is 1. The van der Waals surface area contributed by atoms with Gasteiger partial charge in [0.15, 0.2) is 30.9 Å². The zero-order chi connectivity index (χ0) is 52.6. The molecule has 4 saturated heterocycles. The van der Waals surface area contributed by atoms with Crippen LogP contribution in [0.3, 0.4) is 0 Å². The molecule has 4 aliphatic carbocycles. The first-order valence-electron chi connectivity index (χ1n) is 25.6. The molecule has 8 rings (SSSR count). The summed E-state index contributed by atoms with van der Waals surface area (Å²) in [5.41, 5.74) is -6.88. The summed E-state index contributed by atoms with van der Waals surface area (Å²) in [7, 11) is 4.48. The van der Waals surface area contributed by atoms with Gasteiger partial charge in [-0.15, -0.1) is 0 Å². The van der Waals surface area contributed by atoms with Crippen molar-refractivity contribution in [3.05, 3.63) is 11.6 Å². The summed E-state index contributed by atoms with van der Waals surface area (Å²) in [5, 5.41) is 89.5. The van der Waals surface area contributed by atoms with Crippen molar-refractivity contribution in [3.63, 3.8) is 0 Å². The van der Waals surface area contributed by atoms with Crippen LogP contribution >= 0.6 is 0 Å². The number of ether oxygens (including phenoxy) is 12. The monoisotopic (exact) mass is 1030 g/mol. The molecule has 22 nitrogen and oxygen atoms in total. The van der Waals surface area contributed by atoms with Gasteiger partial charge in [-0.1, -0.05) is 18.6 Å². The third-order valence-corrected chi connectivity index (χ3v) is 18.4. The van der Waals surface area contributed by atoms with Gasteiger partial charge in [0.1, 0.15) is 77.8 Å². The molecule has 0 aromatic carbocycles. The van der Waals surface area contributed by atoms with E-state index in [1.54, 1.807) is 27.9 Å². The minimum atomic E-state index is -2.01. The second-order valence-corrected chi connectivity index (χ2v) is 22.1. The Morgan fingerprint density at radius 2 is 1.26 bits per heavy atom. The summed E-state index contributed by atoms with van der Waals surface area (Å²) in [4.78, 5) is 25.6. The number of fused-ring (bicyclic) bond motifs is 5. The van der Waals surface area contributed by atoms with Crippen molar-refractivity contribution in [1.82, 2.24) is 0 Å². The molecule has 0 aromatic rings. The average Bonchev–Trinajstić information content (AvgIpc) is 3.57. The first-order valence-corrected chi connectivity index (χ1v) is 25.6. The van der Waals surface area contributed by atoms with Gasteiger partial charge in [-0.05, 0) is 85.0 Å². The van der Waals surface area contributed by atoms with Crippen LogP contribution in [0.2, 0.25) is 0 Å². The number of hydrogen-bond acceptors (Lipinski definition) is 22. The fraction of sp³-hybridized carbons (Fsp3) is 0.920. The number of esters is 1. The van der Waals surface area contributed by atoms with Gasteiger partial charge in [0.05, 0.1) is 48.6 Å². The Kier molecular flexibility index (Phi) is 16.6. The highest BCUT2D eigenvalue weighted by atomic mass is 16.8. The van der Waals surface area contributed by atoms with Crippen molar-refractivity contribution in [2.45, 2.75) is 246 Å². The highest BCUT2D eigenvalue weighted by Gasteiger charge is 2.81. The second kappa shape index (κ2) is 21.2. The van der Waals surface area contributed by atoms with Crippen LogP contribution in [0, 0.1) is 16.7 Å². The van der Waals surface area contributed by atoms with Gasteiger partial charge >= 0.3 is 5.97 Å². The molecule has 0 radical (unpaired) electrons. The van der Waals surface area contributed by atoms with Crippen molar-refractivity contribution in [3.8, 4) is 0 Å². The lowest BCUT2D eigenvalue weighted by Gasteiger charge is -2.67. The molecule has 7 fully saturated rings. The van der Waals surface area contributed by atoms with E-state index in [1.807, 2.05) is 13.0 Å². The molecule has 4 heterocycles. The molecular formula is C50H80O22. The van der Waals surface area contributed by atoms with E-state index in [1.165, 1.54) is 28.1 Å². The Labute approximate surface area is 420 Å². The number of rotatable bonds is 14. The summed E-state index contributed by atoms with van der Waals surface area (Å²) >= 11 is 0. The van der Waals surface area contributed by atoms with Crippen molar-refractivity contribution in [2.75, 3.05) is 27.9 Å². The summed E-state index contributed by atoms with van der Waals surface area (Å²) < 4.78 is 73.5. The Balaban J connectivity index is 0.872. The van der Waals surface area contributed by atoms with Crippen molar-refractivity contribution in [2.24, 2.45) is 16.7 Å². The normalized spacial score (nSPS) is 52.6. The van der Waals surface area contributed by atoms with E-state index < -0.39 is 169 Å². The smallest absolute Gasteiger partial charge is 0.302 e. The van der Waals surface area contributed by atoms with Crippen LogP contribution in [0.25, 0.3) is 0 Å². The van der Waals surface area contributed by atoms with Gasteiger partial charge in [0.25, 0.3) is 0 Å². The molecule has 4 aliphatic heterocycles. The van der Waals surface area contributed by atoms with Crippen LogP contribution in [0.1, 0.15) is 106 Å². The third-order valence-electron chi connectivity index (χ3n) is 18.4. The molecule has 0 bridgehead atoms. The maximum absolute atomic E-state index is 13.0. The fourth-order valence-corrected chi connectivity index (χ4v) is 14.1. The van der Waals surface area contributed by atoms with Crippen molar-refractivity contribution < 1.29 is 107 Å². The highest BCUT2D eigenvalue weighted by molar-refractivity contribution is 5.87. The van der Waals surface area contributed by atoms with Crippen LogP contribution in [-0.2, 0) is 66.4 Å². The van der Waals surface area contributed by atoms with Gasteiger partial charge in [-0.3, -0.25) is 9.59 Å². The van der Waals surface area contributed by atoms with E-state index >= 15 is 0 Å². The van der Waals surface area contributed by atoms with Crippen LogP contribution in [0.4, 0.5) is 0 Å². The first-order chi connectivity index (χ1) is 33.9. The molecule has 8 aliphatic rings. The van der Waals surface area contributed by atoms with Gasteiger partial charge < -0.3 is 97.7 Å². The largest absolute Gasteiger partial charge is 0.462 e. The van der Waals surface area contributed by atoms with E-state index in [-0.39, 0.29) is 38.2 Å². The Morgan fingerprint density at radius 1 is 0.681 bits per heavy atom. The lowest BCUT2D eigenvalue weighted by Crippen LogP contribution is -2.78. The van der Waals surface area contributed by atoms with Crippen LogP contribution < -0.4 is 0 Å². The molecule has 0 spiro atoms. The predicted molar refractivity (Wildman–Crippen MR) is 245 cm³/mol. The van der Waals surface area contributed by atoms with Gasteiger partial charge in [-0.25, -0.2) is 0 Å². The fourth-order valence-electron chi connectivity index (χ4n) is 14.1. The summed E-state index contributed by atoms with van der Waals surface area (Å²) in [6.07, 6.45) is -15.1. The van der Waals surface area contributed by atoms with Crippen LogP contribution in [-0.4, -0.2) is 220 Å². The number of methoxy groups -OCH3 is 3. The van der Waals surface area contributed by atoms with Crippen molar-refractivity contribution in [1.29, 1.82) is 0 Å². The molecule has 0 amide bonds. The molecule has 0 unspecified atom stereocenters. The lowest BCUT2D eigenvalue weighted by atomic mass is 9.42. The first kappa shape index (κ1) is 56.3. The highest BCUT2D eigenvalue weighted by Crippen LogP contribution is 2.71. The molecule has 72 heavy (non-hydrogen) atoms. The number of carbonyl (C=O) groups excluding carboxylic acids is 2. The summed E-state index contributed by atoms with van der Waals surface area (Å²) in [5.74, 6) is -1.71. The summed E-state index contributed by atoms with van der Waals surface area (Å²) in [6, 6.07) is 0. The Morgan fingerprint density at radius 3 is 1.85 bits per heavy atom. The van der Waals surface area contributed by atoms with E-state index in [9.17, 15) is 50.4 Å². The van der Waals surface area contributed by atoms with Crippen LogP contribution in [0.15, 0.2) is 11.6 Å². The topological polar surface area (TPSA) is 307 Å². The SMILES string of the molecule is CO[C@H]1[C@@H](O)[C@H](O[C@@H]2[C@@H](C)O[C@@H](O[C@H]3[C@@H](OC)C[C@H](O[C@H]4CC[C@@]5(C)C(=CC[C@]6(O)[C@@H]5C[C@@H](OC(C)=O)[C@@]5(C)[C@]6(O)CC[C@@]5(O)C(C)=O)C4)O[C@@H]3C)C[C@H]2OC)O[C@H](C)[C@H]1O[C@@H]1O[C@H](CO)[C@@H](O)[C@H](O)[C@H]1O. The molecular weight excluding hydrogens is 953 g/mol. The van der Waals surface area contributed by atoms with Gasteiger partial charge in [0, 0.05) is 47.0 Å². The maximum atomic E-state index is 13.0. The maximum Gasteiger partial charge on any atom is 0.302 e. The number of hydrogen-bond donors (Lipinski definition) is 8. The average molecular weight is 1030 g/mol. The zero-order valence-corrected chi connectivity index (χ0v) is 43.1. The minimum absolute atomic E-state index is 0.0398. The Bertz CT molecular complexity index is 1960. The zero-order valence-electron chi connectivity index (χ0n) is 43.1. The number of aliphatic hydroxyl groups excluding tert-OH is 5. The number of ketones is 1. The van der Waals surface area contributed by atoms with Gasteiger partial charge in [-0.2, -0.15) is 0 Å². The Hall–Kier alpha value is -1.88. The van der Waals surface area contributed by atoms with E-state index in [2.05, 4.69) is 6.92 Å². The third kappa shape index (κ3) is 9.25. The van der Waals surface area contributed by atoms with Crippen molar-refractivity contribution >= 4 is 11.8 Å². The quantitative estimate of drug-likeness (QED) is 0.0826. The van der Waals surface area contributed by atoms with Gasteiger partial charge in [0.2, 0.25) is 0 Å². The summed E-state index contributed by atoms with van der Waals surface area (Å²) in [6.45, 7) is 10.8.